The number of hydrogen-bond donors (Lipinski definition) is 1. The van der Waals surface area contributed by atoms with Crippen molar-refractivity contribution in [3.8, 4) is 0 Å². The van der Waals surface area contributed by atoms with Crippen LogP contribution < -0.4 is 0 Å². The van der Waals surface area contributed by atoms with E-state index >= 15 is 0 Å². The second kappa shape index (κ2) is 9.23. The Morgan fingerprint density at radius 3 is 2.48 bits per heavy atom. The van der Waals surface area contributed by atoms with Crippen LogP contribution in [0.4, 0.5) is 0 Å². The predicted molar refractivity (Wildman–Crippen MR) is 149 cm³/mol. The molecule has 6 aliphatic rings. The van der Waals surface area contributed by atoms with E-state index in [4.69, 9.17) is 19.0 Å². The first-order chi connectivity index (χ1) is 19.2. The molecule has 2 aliphatic heterocycles. The van der Waals surface area contributed by atoms with Gasteiger partial charge in [0, 0.05) is 36.8 Å². The molecule has 1 amide bonds. The third-order valence-corrected chi connectivity index (χ3v) is 11.8. The van der Waals surface area contributed by atoms with Crippen molar-refractivity contribution in [2.24, 2.45) is 17.3 Å². The number of carbonyl (C=O) groups is 1. The molecule has 0 aromatic heterocycles. The maximum atomic E-state index is 12.8. The summed E-state index contributed by atoms with van der Waals surface area (Å²) >= 11 is 0. The number of rotatable bonds is 3. The Balaban J connectivity index is 1.33. The molecule has 6 atom stereocenters. The molecular formula is C33H43NO6. The second-order valence-corrected chi connectivity index (χ2v) is 13.4. The van der Waals surface area contributed by atoms with E-state index in [0.29, 0.717) is 37.0 Å². The minimum atomic E-state index is -0.902. The number of benzene rings is 1. The van der Waals surface area contributed by atoms with Gasteiger partial charge in [0.15, 0.2) is 5.79 Å². The number of nitrogens with zero attached hydrogens (tertiary/aromatic N) is 1. The van der Waals surface area contributed by atoms with Crippen molar-refractivity contribution in [3.05, 3.63) is 58.7 Å². The summed E-state index contributed by atoms with van der Waals surface area (Å²) in [6.45, 7) is 8.96. The average Bonchev–Trinajstić information content (AvgIpc) is 3.65. The lowest BCUT2D eigenvalue weighted by atomic mass is 9.49. The number of aliphatic hydroxyl groups is 1. The van der Waals surface area contributed by atoms with Crippen LogP contribution in [0.2, 0.25) is 0 Å². The summed E-state index contributed by atoms with van der Waals surface area (Å²) in [6.07, 6.45) is 7.86. The van der Waals surface area contributed by atoms with E-state index in [2.05, 4.69) is 25.6 Å². The van der Waals surface area contributed by atoms with Crippen molar-refractivity contribution in [2.45, 2.75) is 87.6 Å². The van der Waals surface area contributed by atoms with Gasteiger partial charge < -0.3 is 19.3 Å². The zero-order valence-corrected chi connectivity index (χ0v) is 24.2. The van der Waals surface area contributed by atoms with E-state index in [1.165, 1.54) is 34.5 Å². The van der Waals surface area contributed by atoms with Gasteiger partial charge >= 0.3 is 0 Å². The van der Waals surface area contributed by atoms with Gasteiger partial charge in [-0.1, -0.05) is 31.2 Å². The quantitative estimate of drug-likeness (QED) is 0.407. The molecule has 1 aromatic rings. The molecule has 1 aromatic carbocycles. The van der Waals surface area contributed by atoms with E-state index in [1.54, 1.807) is 7.05 Å². The van der Waals surface area contributed by atoms with Crippen LogP contribution in [0.15, 0.2) is 47.6 Å². The Morgan fingerprint density at radius 2 is 1.80 bits per heavy atom. The van der Waals surface area contributed by atoms with Gasteiger partial charge in [-0.05, 0) is 85.6 Å². The molecule has 1 N–H and O–H groups in total. The molecule has 7 nitrogen and oxygen atoms in total. The molecule has 0 bridgehead atoms. The molecule has 2 spiro atoms. The fourth-order valence-corrected chi connectivity index (χ4v) is 9.89. The van der Waals surface area contributed by atoms with Crippen molar-refractivity contribution in [2.75, 3.05) is 34.0 Å². The molecule has 216 valence electrons. The van der Waals surface area contributed by atoms with E-state index in [9.17, 15) is 9.90 Å². The molecule has 7 heteroatoms. The van der Waals surface area contributed by atoms with Gasteiger partial charge in [-0.15, -0.1) is 0 Å². The molecule has 5 fully saturated rings. The van der Waals surface area contributed by atoms with Crippen molar-refractivity contribution in [3.63, 3.8) is 0 Å². The number of hydroxylamine groups is 2. The lowest BCUT2D eigenvalue weighted by Crippen LogP contribution is -2.55. The zero-order valence-electron chi connectivity index (χ0n) is 24.2. The van der Waals surface area contributed by atoms with Crippen LogP contribution in [0.25, 0.3) is 0 Å². The highest BCUT2D eigenvalue weighted by Crippen LogP contribution is 2.70. The maximum absolute atomic E-state index is 12.8. The lowest BCUT2D eigenvalue weighted by molar-refractivity contribution is -0.208. The van der Waals surface area contributed by atoms with Gasteiger partial charge in [-0.2, -0.15) is 0 Å². The van der Waals surface area contributed by atoms with Gasteiger partial charge in [-0.3, -0.25) is 9.63 Å². The van der Waals surface area contributed by atoms with Gasteiger partial charge in [0.2, 0.25) is 0 Å². The number of ether oxygens (including phenoxy) is 3. The van der Waals surface area contributed by atoms with Gasteiger partial charge in [0.05, 0.1) is 38.1 Å². The Labute approximate surface area is 237 Å². The summed E-state index contributed by atoms with van der Waals surface area (Å²) in [5, 5.41) is 13.5. The molecule has 2 saturated heterocycles. The van der Waals surface area contributed by atoms with Crippen LogP contribution >= 0.6 is 0 Å². The Kier molecular flexibility index (Phi) is 6.20. The molecular weight excluding hydrogens is 506 g/mol. The summed E-state index contributed by atoms with van der Waals surface area (Å²) in [6, 6.07) is 8.07. The third kappa shape index (κ3) is 3.64. The van der Waals surface area contributed by atoms with Crippen LogP contribution in [-0.4, -0.2) is 67.0 Å². The van der Waals surface area contributed by atoms with Gasteiger partial charge in [0.1, 0.15) is 0 Å². The Morgan fingerprint density at radius 1 is 1.05 bits per heavy atom. The summed E-state index contributed by atoms with van der Waals surface area (Å²) in [7, 11) is 3.12. The van der Waals surface area contributed by atoms with Crippen molar-refractivity contribution in [1.82, 2.24) is 5.06 Å². The first kappa shape index (κ1) is 26.8. The van der Waals surface area contributed by atoms with Crippen LogP contribution in [0, 0.1) is 17.3 Å². The first-order valence-corrected chi connectivity index (χ1v) is 15.1. The standard InChI is InChI=1S/C33H43NO6/c1-21-12-16-40-33(21)15-11-26-24-9-13-31(36)20-32(38-17-18-39-32)14-10-27(31)28(24)25(19-30(26,33)2)22-5-7-23(8-6-22)29(35)34(3)37-4/h5-8,24-26,36H,1,9-20H2,2-4H3/t24-,25+,26-,30-,31+,33+/m0/s1. The topological polar surface area (TPSA) is 77.5 Å². The normalized spacial score (nSPS) is 39.9. The van der Waals surface area contributed by atoms with Gasteiger partial charge in [0.25, 0.3) is 5.91 Å². The number of amides is 1. The van der Waals surface area contributed by atoms with Crippen molar-refractivity contribution >= 4 is 5.91 Å². The summed E-state index contributed by atoms with van der Waals surface area (Å²) in [5.41, 5.74) is 4.53. The minimum Gasteiger partial charge on any atom is -0.385 e. The zero-order chi connectivity index (χ0) is 27.9. The summed E-state index contributed by atoms with van der Waals surface area (Å²) in [4.78, 5) is 17.9. The molecule has 4 aliphatic carbocycles. The second-order valence-electron chi connectivity index (χ2n) is 13.4. The highest BCUT2D eigenvalue weighted by atomic mass is 16.7. The number of allylic oxidation sites excluding steroid dienone is 1. The van der Waals surface area contributed by atoms with Gasteiger partial charge in [-0.25, -0.2) is 5.06 Å². The highest BCUT2D eigenvalue weighted by Gasteiger charge is 2.67. The predicted octanol–water partition coefficient (Wildman–Crippen LogP) is 5.30. The molecule has 0 radical (unpaired) electrons. The van der Waals surface area contributed by atoms with E-state index in [1.807, 2.05) is 12.1 Å². The number of hydrogen-bond acceptors (Lipinski definition) is 6. The van der Waals surface area contributed by atoms with Crippen LogP contribution in [0.1, 0.15) is 86.6 Å². The average molecular weight is 550 g/mol. The molecule has 7 rings (SSSR count). The van der Waals surface area contributed by atoms with Crippen LogP contribution in [0.5, 0.6) is 0 Å². The first-order valence-electron chi connectivity index (χ1n) is 15.1. The number of carbonyl (C=O) groups excluding carboxylic acids is 1. The molecule has 3 saturated carbocycles. The lowest BCUT2D eigenvalue weighted by Gasteiger charge is -2.58. The molecule has 40 heavy (non-hydrogen) atoms. The summed E-state index contributed by atoms with van der Waals surface area (Å²) < 4.78 is 18.8. The Bertz CT molecular complexity index is 1250. The molecule has 2 heterocycles. The van der Waals surface area contributed by atoms with Crippen molar-refractivity contribution in [1.29, 1.82) is 0 Å². The maximum Gasteiger partial charge on any atom is 0.277 e. The van der Waals surface area contributed by atoms with Crippen LogP contribution in [0.3, 0.4) is 0 Å². The Hall–Kier alpha value is -2.03. The fraction of sp³-hybridized carbons (Fsp3) is 0.667. The largest absolute Gasteiger partial charge is 0.385 e. The molecule has 0 unspecified atom stereocenters. The smallest absolute Gasteiger partial charge is 0.277 e. The highest BCUT2D eigenvalue weighted by molar-refractivity contribution is 5.93. The minimum absolute atomic E-state index is 0.0340. The van der Waals surface area contributed by atoms with E-state index in [0.717, 1.165) is 58.0 Å². The van der Waals surface area contributed by atoms with Crippen LogP contribution in [-0.2, 0) is 19.0 Å². The fourth-order valence-electron chi connectivity index (χ4n) is 9.89. The number of fused-ring (bicyclic) bond motifs is 5. The third-order valence-electron chi connectivity index (χ3n) is 11.8. The van der Waals surface area contributed by atoms with E-state index in [-0.39, 0.29) is 22.8 Å². The van der Waals surface area contributed by atoms with Crippen molar-refractivity contribution < 1.29 is 28.9 Å². The van der Waals surface area contributed by atoms with E-state index < -0.39 is 11.4 Å². The SMILES string of the molecule is C=C1CCO[C@]12CC[C@H]1[C@@H]3CC[C@@]4(O)CC5(CCC4=C3[C@@H](c3ccc(C(=O)N(C)OC)cc3)C[C@@]12C)OCCO5. The summed E-state index contributed by atoms with van der Waals surface area (Å²) in [5.74, 6) is 0.222. The monoisotopic (exact) mass is 549 g/mol.